The molecule has 1 aromatic heterocycles. The first-order valence-electron chi connectivity index (χ1n) is 13.2. The lowest BCUT2D eigenvalue weighted by Crippen LogP contribution is -2.36. The number of nitrogens with one attached hydrogen (secondary N) is 4. The summed E-state index contributed by atoms with van der Waals surface area (Å²) in [4.78, 5) is 11.5. The van der Waals surface area contributed by atoms with Crippen LogP contribution in [0.3, 0.4) is 0 Å². The molecule has 4 N–H and O–H groups in total. The summed E-state index contributed by atoms with van der Waals surface area (Å²) in [6.07, 6.45) is 10.3. The van der Waals surface area contributed by atoms with E-state index in [0.717, 1.165) is 37.9 Å². The molecule has 1 fully saturated rings. The van der Waals surface area contributed by atoms with Crippen LogP contribution in [0.5, 0.6) is 0 Å². The zero-order valence-corrected chi connectivity index (χ0v) is 24.1. The minimum absolute atomic E-state index is 0.252. The molecule has 39 heavy (non-hydrogen) atoms. The van der Waals surface area contributed by atoms with Gasteiger partial charge in [-0.2, -0.15) is 9.97 Å². The lowest BCUT2D eigenvalue weighted by molar-refractivity contribution is 0.263. The molecule has 2 aromatic rings. The van der Waals surface area contributed by atoms with Crippen molar-refractivity contribution in [2.45, 2.75) is 44.7 Å². The average Bonchev–Trinajstić information content (AvgIpc) is 3.13. The van der Waals surface area contributed by atoms with Gasteiger partial charge in [-0.15, -0.1) is 0 Å². The van der Waals surface area contributed by atoms with Gasteiger partial charge in [0.2, 0.25) is 16.0 Å². The Hall–Kier alpha value is -3.38. The number of likely N-dealkylation sites (N-methyl/N-ethyl adjacent to an activating group) is 1. The number of allylic oxidation sites excluding steroid dienone is 3. The van der Waals surface area contributed by atoms with Crippen molar-refractivity contribution >= 4 is 39.0 Å². The monoisotopic (exact) mass is 558 g/mol. The topological polar surface area (TPSA) is 115 Å². The minimum Gasteiger partial charge on any atom is -0.380 e. The van der Waals surface area contributed by atoms with Crippen LogP contribution in [0.4, 0.5) is 33.3 Å². The summed E-state index contributed by atoms with van der Waals surface area (Å²) in [7, 11) is 1.97. The van der Waals surface area contributed by atoms with Crippen LogP contribution in [-0.2, 0) is 10.0 Å². The number of sulfonamides is 1. The van der Waals surface area contributed by atoms with Crippen molar-refractivity contribution in [3.8, 4) is 0 Å². The Morgan fingerprint density at radius 1 is 1.10 bits per heavy atom. The van der Waals surface area contributed by atoms with Crippen LogP contribution < -0.4 is 21.3 Å². The molecule has 1 saturated heterocycles. The molecular formula is C27H39FN8O2S. The normalized spacial score (nSPS) is 18.7. The molecule has 1 aliphatic heterocycles. The molecule has 212 valence electrons. The summed E-state index contributed by atoms with van der Waals surface area (Å²) >= 11 is 0. The van der Waals surface area contributed by atoms with Gasteiger partial charge in [-0.25, -0.2) is 12.8 Å². The van der Waals surface area contributed by atoms with Gasteiger partial charge >= 0.3 is 0 Å². The van der Waals surface area contributed by atoms with Crippen LogP contribution >= 0.6 is 0 Å². The Morgan fingerprint density at radius 3 is 2.49 bits per heavy atom. The van der Waals surface area contributed by atoms with Crippen LogP contribution in [-0.4, -0.2) is 80.2 Å². The molecule has 1 unspecified atom stereocenters. The van der Waals surface area contributed by atoms with Gasteiger partial charge in [0.25, 0.3) is 0 Å². The third-order valence-electron chi connectivity index (χ3n) is 7.24. The number of nitrogens with zero attached hydrogens (tertiary/aromatic N) is 4. The molecule has 1 aliphatic carbocycles. The first kappa shape index (κ1) is 28.6. The van der Waals surface area contributed by atoms with Crippen molar-refractivity contribution < 1.29 is 12.8 Å². The summed E-state index contributed by atoms with van der Waals surface area (Å²) in [5.74, 6) is 1.10. The molecule has 4 rings (SSSR count). The number of piperidine rings is 1. The molecule has 0 amide bonds. The third kappa shape index (κ3) is 7.18. The lowest BCUT2D eigenvalue weighted by atomic mass is 10.1. The molecule has 1 atom stereocenters. The summed E-state index contributed by atoms with van der Waals surface area (Å²) in [6.45, 7) is 3.87. The van der Waals surface area contributed by atoms with Gasteiger partial charge in [-0.05, 0) is 77.0 Å². The Morgan fingerprint density at radius 2 is 1.82 bits per heavy atom. The molecule has 1 aromatic carbocycles. The van der Waals surface area contributed by atoms with Gasteiger partial charge in [-0.3, -0.25) is 4.31 Å². The van der Waals surface area contributed by atoms with E-state index >= 15 is 0 Å². The van der Waals surface area contributed by atoms with Gasteiger partial charge in [0.05, 0.1) is 23.7 Å². The van der Waals surface area contributed by atoms with Crippen LogP contribution in [0.2, 0.25) is 0 Å². The molecule has 0 bridgehead atoms. The number of likely N-dealkylation sites (tertiary alicyclic amines) is 1. The smallest absolute Gasteiger partial charge is 0.231 e. The maximum absolute atomic E-state index is 15.0. The molecule has 0 radical (unpaired) electrons. The molecule has 0 spiro atoms. The molecule has 10 nitrogen and oxygen atoms in total. The Bertz CT molecular complexity index is 1340. The highest BCUT2D eigenvalue weighted by molar-refractivity contribution is 7.88. The summed E-state index contributed by atoms with van der Waals surface area (Å²) in [6, 6.07) is 4.92. The lowest BCUT2D eigenvalue weighted by Gasteiger charge is -2.30. The van der Waals surface area contributed by atoms with Crippen LogP contribution in [0.25, 0.3) is 0 Å². The van der Waals surface area contributed by atoms with E-state index in [2.05, 4.69) is 43.2 Å². The highest BCUT2D eigenvalue weighted by Crippen LogP contribution is 2.29. The van der Waals surface area contributed by atoms with Crippen LogP contribution in [0.1, 0.15) is 31.2 Å². The second-order valence-corrected chi connectivity index (χ2v) is 12.2. The predicted octanol–water partition coefficient (Wildman–Crippen LogP) is 4.12. The number of hydrogen-bond acceptors (Lipinski definition) is 9. The summed E-state index contributed by atoms with van der Waals surface area (Å²) in [5, 5.41) is 13.0. The molecule has 0 saturated carbocycles. The van der Waals surface area contributed by atoms with Crippen molar-refractivity contribution in [1.82, 2.24) is 19.2 Å². The second kappa shape index (κ2) is 12.2. The van der Waals surface area contributed by atoms with E-state index in [9.17, 15) is 12.8 Å². The van der Waals surface area contributed by atoms with Crippen molar-refractivity contribution in [2.75, 3.05) is 61.8 Å². The average molecular weight is 559 g/mol. The van der Waals surface area contributed by atoms with E-state index in [1.807, 2.05) is 25.2 Å². The summed E-state index contributed by atoms with van der Waals surface area (Å²) in [5.41, 5.74) is 2.41. The number of hydrogen-bond donors (Lipinski definition) is 4. The highest BCUT2D eigenvalue weighted by Gasteiger charge is 2.25. The van der Waals surface area contributed by atoms with E-state index in [0.29, 0.717) is 35.1 Å². The third-order valence-corrected chi connectivity index (χ3v) is 8.45. The van der Waals surface area contributed by atoms with Crippen molar-refractivity contribution in [3.05, 3.63) is 53.5 Å². The van der Waals surface area contributed by atoms with Gasteiger partial charge in [0.1, 0.15) is 17.5 Å². The fourth-order valence-electron chi connectivity index (χ4n) is 4.79. The molecule has 2 aliphatic rings. The van der Waals surface area contributed by atoms with E-state index in [1.54, 1.807) is 26.2 Å². The van der Waals surface area contributed by atoms with Crippen molar-refractivity contribution in [1.29, 1.82) is 0 Å². The second-order valence-electron chi connectivity index (χ2n) is 10.2. The van der Waals surface area contributed by atoms with Crippen molar-refractivity contribution in [3.63, 3.8) is 0 Å². The number of halogens is 1. The zero-order valence-electron chi connectivity index (χ0n) is 23.3. The van der Waals surface area contributed by atoms with Crippen molar-refractivity contribution in [2.24, 2.45) is 0 Å². The number of aromatic nitrogens is 2. The highest BCUT2D eigenvalue weighted by atomic mass is 32.2. The van der Waals surface area contributed by atoms with Gasteiger partial charge in [-0.1, -0.05) is 12.2 Å². The SMILES string of the molecule is CNc1nc(Nc2ccc(NC3CCN(C)CC3)c(F)c2)nc(NC2CCC=CC=C2N(C)S(C)(=O)=O)c1C. The van der Waals surface area contributed by atoms with Crippen LogP contribution in [0, 0.1) is 12.7 Å². The molecule has 12 heteroatoms. The number of benzene rings is 1. The van der Waals surface area contributed by atoms with Gasteiger partial charge in [0.15, 0.2) is 0 Å². The van der Waals surface area contributed by atoms with E-state index in [4.69, 9.17) is 0 Å². The molecular weight excluding hydrogens is 519 g/mol. The predicted molar refractivity (Wildman–Crippen MR) is 157 cm³/mol. The van der Waals surface area contributed by atoms with Gasteiger partial charge in [0, 0.05) is 31.4 Å². The number of rotatable bonds is 9. The Balaban J connectivity index is 1.54. The van der Waals surface area contributed by atoms with Crippen LogP contribution in [0.15, 0.2) is 42.1 Å². The van der Waals surface area contributed by atoms with E-state index < -0.39 is 10.0 Å². The fraction of sp³-hybridized carbons (Fsp3) is 0.481. The Labute approximate surface area is 230 Å². The Kier molecular flexibility index (Phi) is 8.96. The number of anilines is 5. The summed E-state index contributed by atoms with van der Waals surface area (Å²) < 4.78 is 40.9. The standard InChI is InChI=1S/C27H39FN8O2S/c1-18-25(29-2)33-27(31-20-11-12-22(21(28)17-20)30-19-13-15-35(3)16-14-19)34-26(18)32-23-9-7-6-8-10-24(23)36(4)39(5,37)38/h6,8,10-12,17,19,23,30H,7,9,13-16H2,1-5H3,(H3,29,31,32,33,34). The van der Waals surface area contributed by atoms with Gasteiger partial charge < -0.3 is 26.2 Å². The quantitative estimate of drug-likeness (QED) is 0.361. The minimum atomic E-state index is -3.44. The first-order valence-corrected chi connectivity index (χ1v) is 15.0. The maximum atomic E-state index is 15.0. The maximum Gasteiger partial charge on any atom is 0.231 e. The van der Waals surface area contributed by atoms with E-state index in [1.165, 1.54) is 16.6 Å². The first-order chi connectivity index (χ1) is 18.5. The molecule has 2 heterocycles. The van der Waals surface area contributed by atoms with E-state index in [-0.39, 0.29) is 23.8 Å². The zero-order chi connectivity index (χ0) is 28.2. The fourth-order valence-corrected chi connectivity index (χ4v) is 5.36. The largest absolute Gasteiger partial charge is 0.380 e.